The minimum Gasteiger partial charge on any atom is -0.317 e. The molecule has 0 heterocycles. The highest BCUT2D eigenvalue weighted by atomic mass is 15.1. The summed E-state index contributed by atoms with van der Waals surface area (Å²) in [5, 5.41) is 3.26. The lowest BCUT2D eigenvalue weighted by molar-refractivity contribution is 0.307. The molecule has 0 radical (unpaired) electrons. The number of nitrogens with zero attached hydrogens (tertiary/aromatic N) is 1. The first-order valence-corrected chi connectivity index (χ1v) is 5.56. The van der Waals surface area contributed by atoms with Gasteiger partial charge in [-0.15, -0.1) is 0 Å². The minimum absolute atomic E-state index is 0.647. The van der Waals surface area contributed by atoms with Crippen molar-refractivity contribution in [3.63, 3.8) is 0 Å². The van der Waals surface area contributed by atoms with Gasteiger partial charge in [0.1, 0.15) is 0 Å². The summed E-state index contributed by atoms with van der Waals surface area (Å²) in [7, 11) is 4.25. The molecule has 1 atom stereocenters. The average molecular weight is 186 g/mol. The van der Waals surface area contributed by atoms with Gasteiger partial charge in [-0.2, -0.15) is 0 Å². The van der Waals surface area contributed by atoms with Crippen LogP contribution in [0.3, 0.4) is 0 Å². The van der Waals surface area contributed by atoms with Gasteiger partial charge in [-0.05, 0) is 47.0 Å². The smallest absolute Gasteiger partial charge is 0.00478 e. The van der Waals surface area contributed by atoms with Gasteiger partial charge in [-0.1, -0.05) is 19.8 Å². The quantitative estimate of drug-likeness (QED) is 0.584. The summed E-state index contributed by atoms with van der Waals surface area (Å²) in [6.45, 7) is 6.96. The van der Waals surface area contributed by atoms with Crippen LogP contribution in [0.4, 0.5) is 0 Å². The van der Waals surface area contributed by atoms with Crippen LogP contribution >= 0.6 is 0 Å². The van der Waals surface area contributed by atoms with Gasteiger partial charge >= 0.3 is 0 Å². The molecule has 0 spiro atoms. The normalized spacial score (nSPS) is 13.6. The lowest BCUT2D eigenvalue weighted by Gasteiger charge is -2.18. The van der Waals surface area contributed by atoms with Crippen LogP contribution in [0.25, 0.3) is 0 Å². The van der Waals surface area contributed by atoms with Crippen molar-refractivity contribution < 1.29 is 0 Å². The summed E-state index contributed by atoms with van der Waals surface area (Å²) in [6.07, 6.45) is 5.28. The highest BCUT2D eigenvalue weighted by Crippen LogP contribution is 1.98. The van der Waals surface area contributed by atoms with Crippen molar-refractivity contribution in [3.8, 4) is 0 Å². The van der Waals surface area contributed by atoms with Crippen LogP contribution in [0.15, 0.2) is 0 Å². The average Bonchev–Trinajstić information content (AvgIpc) is 2.14. The van der Waals surface area contributed by atoms with E-state index in [0.717, 1.165) is 0 Å². The van der Waals surface area contributed by atoms with Crippen LogP contribution < -0.4 is 5.32 Å². The SMILES string of the molecule is CCCCCN(C)CCC(C)NC. The predicted octanol–water partition coefficient (Wildman–Crippen LogP) is 2.11. The molecule has 1 N–H and O–H groups in total. The van der Waals surface area contributed by atoms with Crippen molar-refractivity contribution in [3.05, 3.63) is 0 Å². The fraction of sp³-hybridized carbons (Fsp3) is 1.00. The maximum Gasteiger partial charge on any atom is 0.00478 e. The fourth-order valence-corrected chi connectivity index (χ4v) is 1.30. The minimum atomic E-state index is 0.647. The zero-order valence-corrected chi connectivity index (χ0v) is 9.77. The Kier molecular flexibility index (Phi) is 8.46. The Bertz CT molecular complexity index is 104. The molecule has 0 aromatic heterocycles. The topological polar surface area (TPSA) is 15.3 Å². The molecule has 13 heavy (non-hydrogen) atoms. The van der Waals surface area contributed by atoms with E-state index in [4.69, 9.17) is 0 Å². The molecule has 2 nitrogen and oxygen atoms in total. The summed E-state index contributed by atoms with van der Waals surface area (Å²) in [5.74, 6) is 0. The summed E-state index contributed by atoms with van der Waals surface area (Å²) >= 11 is 0. The van der Waals surface area contributed by atoms with E-state index in [1.165, 1.54) is 38.8 Å². The molecule has 80 valence electrons. The Balaban J connectivity index is 3.24. The second kappa shape index (κ2) is 8.52. The summed E-state index contributed by atoms with van der Waals surface area (Å²) in [6, 6.07) is 0.647. The Hall–Kier alpha value is -0.0800. The second-order valence-electron chi connectivity index (χ2n) is 3.99. The molecule has 0 saturated carbocycles. The Labute approximate surface area is 83.7 Å². The van der Waals surface area contributed by atoms with E-state index in [-0.39, 0.29) is 0 Å². The van der Waals surface area contributed by atoms with Gasteiger partial charge in [0, 0.05) is 6.04 Å². The monoisotopic (exact) mass is 186 g/mol. The van der Waals surface area contributed by atoms with Gasteiger partial charge in [0.2, 0.25) is 0 Å². The van der Waals surface area contributed by atoms with Crippen molar-refractivity contribution in [2.24, 2.45) is 0 Å². The first-order valence-electron chi connectivity index (χ1n) is 5.56. The molecule has 0 aromatic carbocycles. The summed E-state index contributed by atoms with van der Waals surface area (Å²) < 4.78 is 0. The van der Waals surface area contributed by atoms with Crippen LogP contribution in [0.2, 0.25) is 0 Å². The van der Waals surface area contributed by atoms with Gasteiger partial charge in [-0.25, -0.2) is 0 Å². The van der Waals surface area contributed by atoms with Crippen LogP contribution in [0.5, 0.6) is 0 Å². The maximum absolute atomic E-state index is 3.26. The Morgan fingerprint density at radius 2 is 1.92 bits per heavy atom. The second-order valence-corrected chi connectivity index (χ2v) is 3.99. The molecule has 0 saturated heterocycles. The van der Waals surface area contributed by atoms with Gasteiger partial charge in [0.25, 0.3) is 0 Å². The van der Waals surface area contributed by atoms with Crippen LogP contribution in [-0.4, -0.2) is 38.1 Å². The molecule has 0 fully saturated rings. The van der Waals surface area contributed by atoms with Crippen molar-refractivity contribution in [2.45, 2.75) is 45.6 Å². The molecule has 0 amide bonds. The van der Waals surface area contributed by atoms with E-state index >= 15 is 0 Å². The Morgan fingerprint density at radius 1 is 1.23 bits per heavy atom. The van der Waals surface area contributed by atoms with Crippen molar-refractivity contribution in [1.82, 2.24) is 10.2 Å². The van der Waals surface area contributed by atoms with Crippen LogP contribution in [0, 0.1) is 0 Å². The van der Waals surface area contributed by atoms with Crippen LogP contribution in [0.1, 0.15) is 39.5 Å². The van der Waals surface area contributed by atoms with Gasteiger partial charge in [0.15, 0.2) is 0 Å². The molecule has 0 aliphatic rings. The lowest BCUT2D eigenvalue weighted by atomic mass is 10.2. The number of rotatable bonds is 8. The first-order chi connectivity index (χ1) is 6.20. The maximum atomic E-state index is 3.26. The molecule has 0 aliphatic carbocycles. The molecule has 0 aromatic rings. The van der Waals surface area contributed by atoms with E-state index in [1.807, 2.05) is 7.05 Å². The van der Waals surface area contributed by atoms with Crippen molar-refractivity contribution in [1.29, 1.82) is 0 Å². The van der Waals surface area contributed by atoms with E-state index in [1.54, 1.807) is 0 Å². The molecular weight excluding hydrogens is 160 g/mol. The first kappa shape index (κ1) is 12.9. The third-order valence-electron chi connectivity index (χ3n) is 2.58. The molecule has 0 aliphatic heterocycles. The summed E-state index contributed by atoms with van der Waals surface area (Å²) in [4.78, 5) is 2.43. The number of hydrogen-bond donors (Lipinski definition) is 1. The molecule has 1 unspecified atom stereocenters. The highest BCUT2D eigenvalue weighted by molar-refractivity contribution is 4.60. The predicted molar refractivity (Wildman–Crippen MR) is 60.2 cm³/mol. The van der Waals surface area contributed by atoms with E-state index in [2.05, 4.69) is 31.1 Å². The molecule has 0 bridgehead atoms. The molecule has 2 heteroatoms. The zero-order chi connectivity index (χ0) is 10.1. The van der Waals surface area contributed by atoms with Crippen LogP contribution in [-0.2, 0) is 0 Å². The van der Waals surface area contributed by atoms with E-state index in [9.17, 15) is 0 Å². The lowest BCUT2D eigenvalue weighted by Crippen LogP contribution is -2.29. The summed E-state index contributed by atoms with van der Waals surface area (Å²) in [5.41, 5.74) is 0. The van der Waals surface area contributed by atoms with Gasteiger partial charge < -0.3 is 10.2 Å². The van der Waals surface area contributed by atoms with E-state index < -0.39 is 0 Å². The molecule has 0 rings (SSSR count). The molecular formula is C11H26N2. The highest BCUT2D eigenvalue weighted by Gasteiger charge is 2.01. The third-order valence-corrected chi connectivity index (χ3v) is 2.58. The largest absolute Gasteiger partial charge is 0.317 e. The van der Waals surface area contributed by atoms with Gasteiger partial charge in [0.05, 0.1) is 0 Å². The number of nitrogens with one attached hydrogen (secondary N) is 1. The van der Waals surface area contributed by atoms with E-state index in [0.29, 0.717) is 6.04 Å². The standard InChI is InChI=1S/C11H26N2/c1-5-6-7-9-13(4)10-8-11(2)12-3/h11-12H,5-10H2,1-4H3. The van der Waals surface area contributed by atoms with Crippen molar-refractivity contribution in [2.75, 3.05) is 27.2 Å². The zero-order valence-electron chi connectivity index (χ0n) is 9.77. The number of hydrogen-bond acceptors (Lipinski definition) is 2. The number of unbranched alkanes of at least 4 members (excludes halogenated alkanes) is 2. The fourth-order valence-electron chi connectivity index (χ4n) is 1.30. The van der Waals surface area contributed by atoms with Crippen molar-refractivity contribution >= 4 is 0 Å². The van der Waals surface area contributed by atoms with Gasteiger partial charge in [-0.3, -0.25) is 0 Å². The Morgan fingerprint density at radius 3 is 2.46 bits per heavy atom. The third kappa shape index (κ3) is 8.26.